The Morgan fingerprint density at radius 1 is 1.50 bits per heavy atom. The van der Waals surface area contributed by atoms with Gasteiger partial charge in [-0.2, -0.15) is 0 Å². The number of aryl methyl sites for hydroxylation is 1. The first kappa shape index (κ1) is 9.94. The Kier molecular flexibility index (Phi) is 3.38. The van der Waals surface area contributed by atoms with Gasteiger partial charge in [0.05, 0.1) is 0 Å². The van der Waals surface area contributed by atoms with E-state index >= 15 is 0 Å². The predicted molar refractivity (Wildman–Crippen MR) is 63.7 cm³/mol. The molecule has 0 spiro atoms. The van der Waals surface area contributed by atoms with Gasteiger partial charge in [-0.05, 0) is 49.4 Å². The number of thiophene rings is 1. The lowest BCUT2D eigenvalue weighted by Crippen LogP contribution is -2.31. The Bertz CT molecular complexity index is 308. The van der Waals surface area contributed by atoms with Crippen molar-refractivity contribution in [1.29, 1.82) is 0 Å². The lowest BCUT2D eigenvalue weighted by atomic mass is 10.0. The third kappa shape index (κ3) is 2.46. The van der Waals surface area contributed by atoms with E-state index in [1.807, 2.05) is 11.3 Å². The maximum absolute atomic E-state index is 3.52. The molecule has 2 heteroatoms. The molecule has 0 saturated carbocycles. The second kappa shape index (κ2) is 4.76. The highest BCUT2D eigenvalue weighted by Gasteiger charge is 2.08. The topological polar surface area (TPSA) is 12.0 Å². The first-order chi connectivity index (χ1) is 6.86. The van der Waals surface area contributed by atoms with Crippen molar-refractivity contribution in [3.8, 4) is 0 Å². The zero-order valence-corrected chi connectivity index (χ0v) is 9.44. The molecule has 0 aromatic carbocycles. The molecule has 2 rings (SSSR count). The zero-order chi connectivity index (χ0) is 9.80. The molecule has 1 N–H and O–H groups in total. The minimum absolute atomic E-state index is 0.602. The SMILES string of the molecule is Cc1ccsc1/C=C/C1CCCCN1. The van der Waals surface area contributed by atoms with Crippen molar-refractivity contribution in [2.45, 2.75) is 32.2 Å². The third-order valence-electron chi connectivity index (χ3n) is 2.73. The van der Waals surface area contributed by atoms with Crippen molar-refractivity contribution in [2.75, 3.05) is 6.54 Å². The van der Waals surface area contributed by atoms with Crippen LogP contribution in [-0.4, -0.2) is 12.6 Å². The molecule has 1 unspecified atom stereocenters. The van der Waals surface area contributed by atoms with Crippen LogP contribution < -0.4 is 5.32 Å². The van der Waals surface area contributed by atoms with E-state index in [-0.39, 0.29) is 0 Å². The van der Waals surface area contributed by atoms with Crippen molar-refractivity contribution in [1.82, 2.24) is 5.32 Å². The van der Waals surface area contributed by atoms with E-state index in [2.05, 4.69) is 35.8 Å². The summed E-state index contributed by atoms with van der Waals surface area (Å²) in [5.74, 6) is 0. The van der Waals surface area contributed by atoms with Crippen LogP contribution in [0.1, 0.15) is 29.7 Å². The number of hydrogen-bond acceptors (Lipinski definition) is 2. The molecular formula is C12H17NS. The van der Waals surface area contributed by atoms with Gasteiger partial charge >= 0.3 is 0 Å². The number of nitrogens with one attached hydrogen (secondary N) is 1. The highest BCUT2D eigenvalue weighted by molar-refractivity contribution is 7.11. The number of hydrogen-bond donors (Lipinski definition) is 1. The quantitative estimate of drug-likeness (QED) is 0.785. The van der Waals surface area contributed by atoms with Gasteiger partial charge in [0.25, 0.3) is 0 Å². The van der Waals surface area contributed by atoms with Gasteiger partial charge in [0, 0.05) is 10.9 Å². The van der Waals surface area contributed by atoms with Crippen molar-refractivity contribution >= 4 is 17.4 Å². The fourth-order valence-electron chi connectivity index (χ4n) is 1.80. The van der Waals surface area contributed by atoms with Crippen molar-refractivity contribution in [3.63, 3.8) is 0 Å². The summed E-state index contributed by atoms with van der Waals surface area (Å²) < 4.78 is 0. The van der Waals surface area contributed by atoms with Crippen LogP contribution in [0.4, 0.5) is 0 Å². The van der Waals surface area contributed by atoms with Crippen LogP contribution in [0.2, 0.25) is 0 Å². The summed E-state index contributed by atoms with van der Waals surface area (Å²) in [6, 6.07) is 2.78. The highest BCUT2D eigenvalue weighted by Crippen LogP contribution is 2.18. The largest absolute Gasteiger partial charge is 0.311 e. The average Bonchev–Trinajstić information content (AvgIpc) is 2.63. The van der Waals surface area contributed by atoms with Gasteiger partial charge in [0.2, 0.25) is 0 Å². The first-order valence-electron chi connectivity index (χ1n) is 5.32. The Morgan fingerprint density at radius 3 is 3.07 bits per heavy atom. The molecular weight excluding hydrogens is 190 g/mol. The van der Waals surface area contributed by atoms with E-state index in [0.717, 1.165) is 0 Å². The molecule has 1 aliphatic rings. The molecule has 0 amide bonds. The summed E-state index contributed by atoms with van der Waals surface area (Å²) in [6.45, 7) is 3.35. The lowest BCUT2D eigenvalue weighted by Gasteiger charge is -2.19. The van der Waals surface area contributed by atoms with E-state index in [1.54, 1.807) is 0 Å². The van der Waals surface area contributed by atoms with Gasteiger partial charge in [-0.25, -0.2) is 0 Å². The average molecular weight is 207 g/mol. The molecule has 0 bridgehead atoms. The predicted octanol–water partition coefficient (Wildman–Crippen LogP) is 3.21. The van der Waals surface area contributed by atoms with Gasteiger partial charge < -0.3 is 5.32 Å². The van der Waals surface area contributed by atoms with Crippen LogP contribution in [0, 0.1) is 6.92 Å². The molecule has 1 nitrogen and oxygen atoms in total. The van der Waals surface area contributed by atoms with E-state index in [4.69, 9.17) is 0 Å². The smallest absolute Gasteiger partial charge is 0.0296 e. The van der Waals surface area contributed by atoms with E-state index < -0.39 is 0 Å². The fourth-order valence-corrected chi connectivity index (χ4v) is 2.63. The molecule has 1 saturated heterocycles. The van der Waals surface area contributed by atoms with Gasteiger partial charge in [0.1, 0.15) is 0 Å². The molecule has 1 aliphatic heterocycles. The van der Waals surface area contributed by atoms with Crippen LogP contribution in [0.5, 0.6) is 0 Å². The summed E-state index contributed by atoms with van der Waals surface area (Å²) in [5, 5.41) is 5.67. The molecule has 1 aromatic heterocycles. The maximum Gasteiger partial charge on any atom is 0.0296 e. The van der Waals surface area contributed by atoms with Crippen molar-refractivity contribution < 1.29 is 0 Å². The highest BCUT2D eigenvalue weighted by atomic mass is 32.1. The van der Waals surface area contributed by atoms with Gasteiger partial charge in [-0.15, -0.1) is 11.3 Å². The monoisotopic (exact) mass is 207 g/mol. The second-order valence-electron chi connectivity index (χ2n) is 3.88. The fraction of sp³-hybridized carbons (Fsp3) is 0.500. The molecule has 2 heterocycles. The molecule has 1 aromatic rings. The van der Waals surface area contributed by atoms with Crippen LogP contribution in [0.3, 0.4) is 0 Å². The van der Waals surface area contributed by atoms with E-state index in [0.29, 0.717) is 6.04 Å². The van der Waals surface area contributed by atoms with Crippen LogP contribution in [0.25, 0.3) is 6.08 Å². The van der Waals surface area contributed by atoms with E-state index in [9.17, 15) is 0 Å². The molecule has 1 fully saturated rings. The van der Waals surface area contributed by atoms with E-state index in [1.165, 1.54) is 36.2 Å². The summed E-state index contributed by atoms with van der Waals surface area (Å²) in [7, 11) is 0. The summed E-state index contributed by atoms with van der Waals surface area (Å²) >= 11 is 1.82. The second-order valence-corrected chi connectivity index (χ2v) is 4.83. The third-order valence-corrected chi connectivity index (χ3v) is 3.71. The minimum atomic E-state index is 0.602. The molecule has 14 heavy (non-hydrogen) atoms. The Morgan fingerprint density at radius 2 is 2.43 bits per heavy atom. The van der Waals surface area contributed by atoms with Crippen LogP contribution in [-0.2, 0) is 0 Å². The molecule has 76 valence electrons. The summed E-state index contributed by atoms with van der Waals surface area (Å²) in [4.78, 5) is 1.40. The Balaban J connectivity index is 1.95. The molecule has 0 aliphatic carbocycles. The number of piperidine rings is 1. The Hall–Kier alpha value is -0.600. The van der Waals surface area contributed by atoms with Crippen molar-refractivity contribution in [3.05, 3.63) is 28.0 Å². The summed E-state index contributed by atoms with van der Waals surface area (Å²) in [5.41, 5.74) is 1.39. The first-order valence-corrected chi connectivity index (χ1v) is 6.20. The number of rotatable bonds is 2. The molecule has 1 atom stereocenters. The van der Waals surface area contributed by atoms with Gasteiger partial charge in [0.15, 0.2) is 0 Å². The lowest BCUT2D eigenvalue weighted by molar-refractivity contribution is 0.455. The van der Waals surface area contributed by atoms with Gasteiger partial charge in [-0.3, -0.25) is 0 Å². The maximum atomic E-state index is 3.52. The Labute approximate surface area is 89.8 Å². The van der Waals surface area contributed by atoms with Crippen LogP contribution >= 0.6 is 11.3 Å². The minimum Gasteiger partial charge on any atom is -0.311 e. The standard InChI is InChI=1S/C12H17NS/c1-10-7-9-14-12(10)6-5-11-4-2-3-8-13-11/h5-7,9,11,13H,2-4,8H2,1H3/b6-5+. The summed E-state index contributed by atoms with van der Waals surface area (Å²) in [6.07, 6.45) is 8.58. The normalized spacial score (nSPS) is 23.1. The zero-order valence-electron chi connectivity index (χ0n) is 8.62. The molecule has 0 radical (unpaired) electrons. The van der Waals surface area contributed by atoms with Gasteiger partial charge in [-0.1, -0.05) is 12.5 Å². The van der Waals surface area contributed by atoms with Crippen molar-refractivity contribution in [2.24, 2.45) is 0 Å². The van der Waals surface area contributed by atoms with Crippen LogP contribution in [0.15, 0.2) is 17.5 Å².